The lowest BCUT2D eigenvalue weighted by Gasteiger charge is -2.34. The number of aromatic hydroxyl groups is 1. The van der Waals surface area contributed by atoms with Gasteiger partial charge in [-0.2, -0.15) is 0 Å². The Morgan fingerprint density at radius 3 is 2.85 bits per heavy atom. The van der Waals surface area contributed by atoms with E-state index in [-0.39, 0.29) is 12.4 Å². The highest BCUT2D eigenvalue weighted by molar-refractivity contribution is 5.59. The van der Waals surface area contributed by atoms with Gasteiger partial charge in [0.15, 0.2) is 11.7 Å². The SMILES string of the molecule is COc1ccc2c(c1CC=C(C)C)O[C@@H]1c3ccc(O)cc3OC[C@@]21O. The molecule has 0 saturated heterocycles. The van der Waals surface area contributed by atoms with Gasteiger partial charge in [0.05, 0.1) is 7.11 Å². The Morgan fingerprint density at radius 2 is 2.12 bits per heavy atom. The van der Waals surface area contributed by atoms with Gasteiger partial charge in [0.1, 0.15) is 29.6 Å². The molecule has 2 aromatic rings. The molecule has 2 aliphatic heterocycles. The van der Waals surface area contributed by atoms with Crippen LogP contribution in [0.2, 0.25) is 0 Å². The van der Waals surface area contributed by atoms with Crippen molar-refractivity contribution in [3.05, 3.63) is 58.7 Å². The molecule has 2 aliphatic rings. The van der Waals surface area contributed by atoms with Crippen molar-refractivity contribution in [2.75, 3.05) is 13.7 Å². The third-order valence-electron chi connectivity index (χ3n) is 5.02. The smallest absolute Gasteiger partial charge is 0.168 e. The minimum Gasteiger partial charge on any atom is -0.508 e. The van der Waals surface area contributed by atoms with Gasteiger partial charge in [-0.05, 0) is 44.5 Å². The summed E-state index contributed by atoms with van der Waals surface area (Å²) in [6, 6.07) is 8.56. The summed E-state index contributed by atoms with van der Waals surface area (Å²) in [5, 5.41) is 21.1. The summed E-state index contributed by atoms with van der Waals surface area (Å²) in [7, 11) is 1.63. The van der Waals surface area contributed by atoms with E-state index in [0.717, 1.165) is 16.9 Å². The molecule has 0 spiro atoms. The van der Waals surface area contributed by atoms with E-state index >= 15 is 0 Å². The van der Waals surface area contributed by atoms with Crippen molar-refractivity contribution in [1.82, 2.24) is 0 Å². The van der Waals surface area contributed by atoms with Gasteiger partial charge in [-0.15, -0.1) is 0 Å². The Labute approximate surface area is 152 Å². The number of allylic oxidation sites excluding steroid dienone is 2. The maximum Gasteiger partial charge on any atom is 0.168 e. The molecule has 0 saturated carbocycles. The van der Waals surface area contributed by atoms with E-state index in [0.29, 0.717) is 23.5 Å². The largest absolute Gasteiger partial charge is 0.508 e. The molecule has 2 N–H and O–H groups in total. The zero-order chi connectivity index (χ0) is 18.5. The minimum absolute atomic E-state index is 0.0650. The van der Waals surface area contributed by atoms with Gasteiger partial charge in [0.25, 0.3) is 0 Å². The van der Waals surface area contributed by atoms with Gasteiger partial charge in [0.2, 0.25) is 0 Å². The van der Waals surface area contributed by atoms with Crippen LogP contribution in [0, 0.1) is 0 Å². The number of methoxy groups -OCH3 is 1. The second-order valence-corrected chi connectivity index (χ2v) is 7.04. The number of fused-ring (bicyclic) bond motifs is 5. The van der Waals surface area contributed by atoms with E-state index in [2.05, 4.69) is 6.08 Å². The molecule has 2 heterocycles. The lowest BCUT2D eigenvalue weighted by molar-refractivity contribution is -0.0864. The lowest BCUT2D eigenvalue weighted by Crippen LogP contribution is -2.41. The molecular weight excluding hydrogens is 332 g/mol. The number of rotatable bonds is 3. The highest BCUT2D eigenvalue weighted by atomic mass is 16.5. The third kappa shape index (κ3) is 2.42. The first kappa shape index (κ1) is 16.8. The predicted octanol–water partition coefficient (Wildman–Crippen LogP) is 3.62. The van der Waals surface area contributed by atoms with Crippen LogP contribution >= 0.6 is 0 Å². The number of ether oxygens (including phenoxy) is 3. The number of phenolic OH excluding ortho intramolecular Hbond substituents is 1. The van der Waals surface area contributed by atoms with Gasteiger partial charge in [0, 0.05) is 22.8 Å². The second-order valence-electron chi connectivity index (χ2n) is 7.04. The Kier molecular flexibility index (Phi) is 3.84. The fourth-order valence-corrected chi connectivity index (χ4v) is 3.66. The first-order valence-electron chi connectivity index (χ1n) is 8.62. The fourth-order valence-electron chi connectivity index (χ4n) is 3.66. The standard InChI is InChI=1S/C21H22O5/c1-12(2)4-6-14-17(24-3)9-8-16-19(14)26-20-15-7-5-13(22)10-18(15)25-11-21(16,20)23/h4-5,7-10,20,22-23H,6,11H2,1-3H3/t20-,21-/m1/s1. The van der Waals surface area contributed by atoms with Gasteiger partial charge in [-0.3, -0.25) is 0 Å². The summed E-state index contributed by atoms with van der Waals surface area (Å²) < 4.78 is 17.5. The monoisotopic (exact) mass is 354 g/mol. The summed E-state index contributed by atoms with van der Waals surface area (Å²) >= 11 is 0. The maximum absolute atomic E-state index is 11.4. The molecule has 2 aromatic carbocycles. The van der Waals surface area contributed by atoms with Crippen LogP contribution in [-0.2, 0) is 12.0 Å². The van der Waals surface area contributed by atoms with E-state index in [1.54, 1.807) is 25.3 Å². The molecule has 0 unspecified atom stereocenters. The van der Waals surface area contributed by atoms with Crippen LogP contribution in [0.25, 0.3) is 0 Å². The van der Waals surface area contributed by atoms with Crippen LogP contribution in [0.5, 0.6) is 23.0 Å². The van der Waals surface area contributed by atoms with Crippen LogP contribution < -0.4 is 14.2 Å². The highest BCUT2D eigenvalue weighted by Gasteiger charge is 2.53. The molecule has 2 atom stereocenters. The van der Waals surface area contributed by atoms with Crippen LogP contribution in [0.3, 0.4) is 0 Å². The van der Waals surface area contributed by atoms with Crippen molar-refractivity contribution >= 4 is 0 Å². The molecule has 0 bridgehead atoms. The summed E-state index contributed by atoms with van der Waals surface area (Å²) in [6.45, 7) is 4.15. The summed E-state index contributed by atoms with van der Waals surface area (Å²) in [5.74, 6) is 2.04. The van der Waals surface area contributed by atoms with Gasteiger partial charge in [-0.25, -0.2) is 0 Å². The van der Waals surface area contributed by atoms with Crippen molar-refractivity contribution in [3.8, 4) is 23.0 Å². The number of phenols is 1. The van der Waals surface area contributed by atoms with Crippen molar-refractivity contribution in [2.24, 2.45) is 0 Å². The van der Waals surface area contributed by atoms with E-state index in [1.807, 2.05) is 26.0 Å². The zero-order valence-electron chi connectivity index (χ0n) is 15.1. The molecule has 5 heteroatoms. The second kappa shape index (κ2) is 5.95. The Hall–Kier alpha value is -2.66. The van der Waals surface area contributed by atoms with Gasteiger partial charge >= 0.3 is 0 Å². The Morgan fingerprint density at radius 1 is 1.31 bits per heavy atom. The topological polar surface area (TPSA) is 68.2 Å². The molecular formula is C21H22O5. The molecule has 0 fully saturated rings. The quantitative estimate of drug-likeness (QED) is 0.824. The molecule has 136 valence electrons. The van der Waals surface area contributed by atoms with Crippen LogP contribution in [-0.4, -0.2) is 23.9 Å². The number of hydrogen-bond acceptors (Lipinski definition) is 5. The van der Waals surface area contributed by atoms with E-state index in [1.165, 1.54) is 5.57 Å². The van der Waals surface area contributed by atoms with Crippen LogP contribution in [0.15, 0.2) is 42.0 Å². The normalized spacial score (nSPS) is 22.4. The average molecular weight is 354 g/mol. The Balaban J connectivity index is 1.84. The first-order valence-corrected chi connectivity index (χ1v) is 8.62. The molecule has 0 aromatic heterocycles. The van der Waals surface area contributed by atoms with Crippen molar-refractivity contribution in [1.29, 1.82) is 0 Å². The fraction of sp³-hybridized carbons (Fsp3) is 0.333. The number of benzene rings is 2. The third-order valence-corrected chi connectivity index (χ3v) is 5.02. The lowest BCUT2D eigenvalue weighted by atomic mass is 9.84. The Bertz CT molecular complexity index is 898. The summed E-state index contributed by atoms with van der Waals surface area (Å²) in [6.07, 6.45) is 2.18. The molecule has 0 radical (unpaired) electrons. The van der Waals surface area contributed by atoms with Crippen molar-refractivity contribution in [3.63, 3.8) is 0 Å². The average Bonchev–Trinajstić information content (AvgIpc) is 2.92. The number of hydrogen-bond donors (Lipinski definition) is 2. The van der Waals surface area contributed by atoms with Gasteiger partial charge < -0.3 is 24.4 Å². The molecule has 4 rings (SSSR count). The number of aliphatic hydroxyl groups is 1. The van der Waals surface area contributed by atoms with Crippen molar-refractivity contribution in [2.45, 2.75) is 32.0 Å². The summed E-state index contributed by atoms with van der Waals surface area (Å²) in [4.78, 5) is 0. The molecule has 0 aliphatic carbocycles. The van der Waals surface area contributed by atoms with Gasteiger partial charge in [-0.1, -0.05) is 11.6 Å². The maximum atomic E-state index is 11.4. The van der Waals surface area contributed by atoms with Crippen molar-refractivity contribution < 1.29 is 24.4 Å². The molecule has 0 amide bonds. The predicted molar refractivity (Wildman–Crippen MR) is 97.0 cm³/mol. The van der Waals surface area contributed by atoms with Crippen LogP contribution in [0.1, 0.15) is 36.6 Å². The van der Waals surface area contributed by atoms with E-state index in [4.69, 9.17) is 14.2 Å². The van der Waals surface area contributed by atoms with E-state index < -0.39 is 11.7 Å². The first-order chi connectivity index (χ1) is 12.4. The minimum atomic E-state index is -1.27. The molecule has 26 heavy (non-hydrogen) atoms. The van der Waals surface area contributed by atoms with Crippen LogP contribution in [0.4, 0.5) is 0 Å². The zero-order valence-corrected chi connectivity index (χ0v) is 15.1. The highest BCUT2D eigenvalue weighted by Crippen LogP contribution is 2.56. The molecule has 5 nitrogen and oxygen atoms in total. The summed E-state index contributed by atoms with van der Waals surface area (Å²) in [5.41, 5.74) is 2.27. The van der Waals surface area contributed by atoms with E-state index in [9.17, 15) is 10.2 Å².